The minimum atomic E-state index is -0.0586. The Balaban J connectivity index is 1.69. The maximum absolute atomic E-state index is 9.84. The molecule has 1 atom stereocenters. The molecule has 0 saturated heterocycles. The van der Waals surface area contributed by atoms with Gasteiger partial charge >= 0.3 is 0 Å². The molecule has 0 aliphatic heterocycles. The smallest absolute Gasteiger partial charge is 0.118 e. The molecule has 0 saturated carbocycles. The molecule has 0 bridgehead atoms. The topological polar surface area (TPSA) is 50.5 Å². The molecule has 0 radical (unpaired) electrons. The Kier molecular flexibility index (Phi) is 5.48. The molecule has 1 heterocycles. The van der Waals surface area contributed by atoms with E-state index in [1.807, 2.05) is 48.3 Å². The zero-order chi connectivity index (χ0) is 17.6. The molecule has 0 aliphatic carbocycles. The van der Waals surface area contributed by atoms with E-state index in [1.54, 1.807) is 13.3 Å². The largest absolute Gasteiger partial charge is 0.497 e. The first-order valence-corrected chi connectivity index (χ1v) is 8.25. The van der Waals surface area contributed by atoms with Crippen LogP contribution in [0, 0.1) is 0 Å². The number of ether oxygens (including phenoxy) is 1. The number of aliphatic hydroxyl groups excluding tert-OH is 1. The van der Waals surface area contributed by atoms with Crippen molar-refractivity contribution in [2.24, 2.45) is 0 Å². The van der Waals surface area contributed by atoms with Crippen molar-refractivity contribution in [1.29, 1.82) is 0 Å². The maximum atomic E-state index is 9.84. The molecule has 1 aromatic heterocycles. The van der Waals surface area contributed by atoms with Gasteiger partial charge in [0.1, 0.15) is 5.75 Å². The van der Waals surface area contributed by atoms with Crippen molar-refractivity contribution in [2.45, 2.75) is 12.6 Å². The van der Waals surface area contributed by atoms with Crippen molar-refractivity contribution in [3.8, 4) is 11.4 Å². The van der Waals surface area contributed by atoms with Gasteiger partial charge < -0.3 is 9.84 Å². The second kappa shape index (κ2) is 7.96. The number of hydrogen-bond donors (Lipinski definition) is 1. The third-order valence-corrected chi connectivity index (χ3v) is 4.34. The van der Waals surface area contributed by atoms with Crippen LogP contribution in [0.5, 0.6) is 5.75 Å². The monoisotopic (exact) mass is 337 g/mol. The van der Waals surface area contributed by atoms with Crippen LogP contribution < -0.4 is 4.74 Å². The molecule has 0 aliphatic rings. The summed E-state index contributed by atoms with van der Waals surface area (Å²) in [6.07, 6.45) is 3.69. The number of nitrogens with zero attached hydrogens (tertiary/aromatic N) is 3. The van der Waals surface area contributed by atoms with Gasteiger partial charge in [-0.1, -0.05) is 24.3 Å². The minimum absolute atomic E-state index is 0.0586. The maximum Gasteiger partial charge on any atom is 0.118 e. The summed E-state index contributed by atoms with van der Waals surface area (Å²) in [5.41, 5.74) is 3.29. The Morgan fingerprint density at radius 1 is 1.12 bits per heavy atom. The second-order valence-electron chi connectivity index (χ2n) is 6.00. The van der Waals surface area contributed by atoms with E-state index in [0.29, 0.717) is 0 Å². The standard InChI is InChI=1S/C20H23N3O2/c1-22(20(15-24)17-6-10-19(25-2)11-7-17)14-16-4-8-18(9-5-16)23-13-3-12-21-23/h3-13,20,24H,14-15H2,1-2H3/t20-/m0/s1. The van der Waals surface area contributed by atoms with Gasteiger partial charge in [-0.05, 0) is 48.5 Å². The highest BCUT2D eigenvalue weighted by Gasteiger charge is 2.16. The number of methoxy groups -OCH3 is 1. The molecule has 0 spiro atoms. The first kappa shape index (κ1) is 17.2. The van der Waals surface area contributed by atoms with E-state index >= 15 is 0 Å². The fraction of sp³-hybridized carbons (Fsp3) is 0.250. The van der Waals surface area contributed by atoms with Crippen LogP contribution in [0.1, 0.15) is 17.2 Å². The normalized spacial score (nSPS) is 12.3. The summed E-state index contributed by atoms with van der Waals surface area (Å²) in [4.78, 5) is 2.14. The van der Waals surface area contributed by atoms with Gasteiger partial charge in [-0.15, -0.1) is 0 Å². The van der Waals surface area contributed by atoms with Crippen LogP contribution in [0.4, 0.5) is 0 Å². The van der Waals surface area contributed by atoms with E-state index in [4.69, 9.17) is 4.74 Å². The molecule has 5 nitrogen and oxygen atoms in total. The summed E-state index contributed by atoms with van der Waals surface area (Å²) in [6, 6.07) is 18.0. The van der Waals surface area contributed by atoms with E-state index in [9.17, 15) is 5.11 Å². The van der Waals surface area contributed by atoms with E-state index in [1.165, 1.54) is 5.56 Å². The van der Waals surface area contributed by atoms with Crippen LogP contribution in [-0.4, -0.2) is 40.6 Å². The van der Waals surface area contributed by atoms with Gasteiger partial charge in [0, 0.05) is 18.9 Å². The summed E-state index contributed by atoms with van der Waals surface area (Å²) < 4.78 is 7.03. The first-order valence-electron chi connectivity index (χ1n) is 8.25. The van der Waals surface area contributed by atoms with Crippen LogP contribution in [0.2, 0.25) is 0 Å². The molecule has 0 fully saturated rings. The van der Waals surface area contributed by atoms with Crippen LogP contribution in [0.3, 0.4) is 0 Å². The van der Waals surface area contributed by atoms with Gasteiger partial charge in [0.2, 0.25) is 0 Å². The summed E-state index contributed by atoms with van der Waals surface area (Å²) in [5, 5.41) is 14.1. The number of hydrogen-bond acceptors (Lipinski definition) is 4. The lowest BCUT2D eigenvalue weighted by molar-refractivity contribution is 0.142. The average Bonchev–Trinajstić information content (AvgIpc) is 3.18. The summed E-state index contributed by atoms with van der Waals surface area (Å²) >= 11 is 0. The van der Waals surface area contributed by atoms with Gasteiger partial charge in [0.05, 0.1) is 25.4 Å². The molecule has 3 rings (SSSR count). The molecule has 5 heteroatoms. The fourth-order valence-corrected chi connectivity index (χ4v) is 2.90. The zero-order valence-electron chi connectivity index (χ0n) is 14.5. The lowest BCUT2D eigenvalue weighted by Crippen LogP contribution is -2.26. The van der Waals surface area contributed by atoms with Crippen molar-refractivity contribution in [1.82, 2.24) is 14.7 Å². The lowest BCUT2D eigenvalue weighted by atomic mass is 10.1. The van der Waals surface area contributed by atoms with Crippen LogP contribution in [0.15, 0.2) is 67.0 Å². The van der Waals surface area contributed by atoms with Gasteiger partial charge in [0.15, 0.2) is 0 Å². The molecule has 130 valence electrons. The SMILES string of the molecule is COc1ccc([C@H](CO)N(C)Cc2ccc(-n3cccn3)cc2)cc1. The van der Waals surface area contributed by atoms with Crippen molar-refractivity contribution in [3.05, 3.63) is 78.1 Å². The Hall–Kier alpha value is -2.63. The summed E-state index contributed by atoms with van der Waals surface area (Å²) in [6.45, 7) is 0.810. The highest BCUT2D eigenvalue weighted by atomic mass is 16.5. The Labute approximate surface area is 148 Å². The van der Waals surface area contributed by atoms with E-state index in [0.717, 1.165) is 23.5 Å². The number of likely N-dealkylation sites (N-methyl/N-ethyl adjacent to an activating group) is 1. The van der Waals surface area contributed by atoms with E-state index < -0.39 is 0 Å². The van der Waals surface area contributed by atoms with E-state index in [-0.39, 0.29) is 12.6 Å². The molecule has 1 N–H and O–H groups in total. The number of aromatic nitrogens is 2. The first-order chi connectivity index (χ1) is 12.2. The quantitative estimate of drug-likeness (QED) is 0.720. The molecule has 0 amide bonds. The molecular formula is C20H23N3O2. The molecular weight excluding hydrogens is 314 g/mol. The number of aliphatic hydroxyl groups is 1. The zero-order valence-corrected chi connectivity index (χ0v) is 14.5. The highest BCUT2D eigenvalue weighted by molar-refractivity contribution is 5.34. The van der Waals surface area contributed by atoms with Gasteiger partial charge in [0.25, 0.3) is 0 Å². The van der Waals surface area contributed by atoms with E-state index in [2.05, 4.69) is 34.3 Å². The third kappa shape index (κ3) is 4.07. The van der Waals surface area contributed by atoms with Crippen molar-refractivity contribution >= 4 is 0 Å². The predicted molar refractivity (Wildman–Crippen MR) is 97.9 cm³/mol. The predicted octanol–water partition coefficient (Wildman–Crippen LogP) is 3.05. The van der Waals surface area contributed by atoms with Crippen molar-refractivity contribution in [2.75, 3.05) is 20.8 Å². The van der Waals surface area contributed by atoms with Gasteiger partial charge in [-0.2, -0.15) is 5.10 Å². The fourth-order valence-electron chi connectivity index (χ4n) is 2.90. The van der Waals surface area contributed by atoms with Gasteiger partial charge in [-0.25, -0.2) is 4.68 Å². The number of benzene rings is 2. The van der Waals surface area contributed by atoms with Crippen molar-refractivity contribution < 1.29 is 9.84 Å². The Bertz CT molecular complexity index is 768. The highest BCUT2D eigenvalue weighted by Crippen LogP contribution is 2.23. The number of rotatable bonds is 7. The lowest BCUT2D eigenvalue weighted by Gasteiger charge is -2.27. The Morgan fingerprint density at radius 2 is 1.84 bits per heavy atom. The van der Waals surface area contributed by atoms with Crippen LogP contribution in [-0.2, 0) is 6.54 Å². The minimum Gasteiger partial charge on any atom is -0.497 e. The molecule has 25 heavy (non-hydrogen) atoms. The van der Waals surface area contributed by atoms with Crippen LogP contribution in [0.25, 0.3) is 5.69 Å². The van der Waals surface area contributed by atoms with Crippen molar-refractivity contribution in [3.63, 3.8) is 0 Å². The Morgan fingerprint density at radius 3 is 2.40 bits per heavy atom. The summed E-state index contributed by atoms with van der Waals surface area (Å²) in [7, 11) is 3.67. The molecule has 2 aromatic carbocycles. The second-order valence-corrected chi connectivity index (χ2v) is 6.00. The van der Waals surface area contributed by atoms with Crippen LogP contribution >= 0.6 is 0 Å². The molecule has 3 aromatic rings. The summed E-state index contributed by atoms with van der Waals surface area (Å²) in [5.74, 6) is 0.817. The molecule has 0 unspecified atom stereocenters. The average molecular weight is 337 g/mol. The third-order valence-electron chi connectivity index (χ3n) is 4.34. The van der Waals surface area contributed by atoms with Gasteiger partial charge in [-0.3, -0.25) is 4.90 Å².